The Hall–Kier alpha value is -3.58. The van der Waals surface area contributed by atoms with Crippen LogP contribution in [0.2, 0.25) is 5.15 Å². The van der Waals surface area contributed by atoms with Gasteiger partial charge in [0.1, 0.15) is 0 Å². The highest BCUT2D eigenvalue weighted by atomic mass is 35.5. The summed E-state index contributed by atoms with van der Waals surface area (Å²) in [5.41, 5.74) is -0.253. The number of hydrogen-bond donors (Lipinski definition) is 0. The summed E-state index contributed by atoms with van der Waals surface area (Å²) in [5, 5.41) is 22.2. The molecule has 0 aliphatic carbocycles. The number of aryl methyl sites for hydroxylation is 1. The van der Waals surface area contributed by atoms with E-state index in [1.165, 1.54) is 38.5 Å². The van der Waals surface area contributed by atoms with Crippen LogP contribution in [-0.4, -0.2) is 45.6 Å². The monoisotopic (exact) mass is 496 g/mol. The third-order valence-corrected chi connectivity index (χ3v) is 5.32. The Morgan fingerprint density at radius 3 is 2.06 bits per heavy atom. The molecule has 0 amide bonds. The van der Waals surface area contributed by atoms with Gasteiger partial charge in [-0.05, 0) is 13.8 Å². The number of pyridine rings is 2. The first-order chi connectivity index (χ1) is 15.7. The largest absolute Gasteiger partial charge is 0.481 e. The van der Waals surface area contributed by atoms with Gasteiger partial charge in [0, 0.05) is 41.9 Å². The van der Waals surface area contributed by atoms with Crippen molar-refractivity contribution >= 4 is 40.1 Å². The number of ether oxygens (including phenoxy) is 2. The molecule has 0 saturated carbocycles. The van der Waals surface area contributed by atoms with Gasteiger partial charge in [-0.3, -0.25) is 20.2 Å². The van der Waals surface area contributed by atoms with Crippen LogP contribution >= 0.6 is 22.9 Å². The summed E-state index contributed by atoms with van der Waals surface area (Å²) in [6.45, 7) is 4.98. The topological polar surface area (TPSA) is 147 Å². The van der Waals surface area contributed by atoms with Crippen molar-refractivity contribution in [2.75, 3.05) is 25.7 Å². The van der Waals surface area contributed by atoms with Crippen molar-refractivity contribution in [3.05, 3.63) is 65.7 Å². The highest BCUT2D eigenvalue weighted by Crippen LogP contribution is 2.30. The molecule has 0 saturated heterocycles. The minimum absolute atomic E-state index is 0.0288. The summed E-state index contributed by atoms with van der Waals surface area (Å²) >= 11 is 7.04. The number of nitrogens with zero attached hydrogens (tertiary/aromatic N) is 6. The van der Waals surface area contributed by atoms with E-state index in [-0.39, 0.29) is 22.4 Å². The average molecular weight is 497 g/mol. The van der Waals surface area contributed by atoms with Gasteiger partial charge in [0.2, 0.25) is 22.7 Å². The number of anilines is 1. The molecule has 0 atom stereocenters. The molecule has 0 aliphatic rings. The van der Waals surface area contributed by atoms with Crippen LogP contribution < -0.4 is 14.4 Å². The van der Waals surface area contributed by atoms with E-state index in [4.69, 9.17) is 21.1 Å². The predicted molar refractivity (Wildman–Crippen MR) is 123 cm³/mol. The van der Waals surface area contributed by atoms with Gasteiger partial charge in [-0.25, -0.2) is 4.98 Å². The van der Waals surface area contributed by atoms with Crippen LogP contribution in [0, 0.1) is 27.2 Å². The Kier molecular flexibility index (Phi) is 9.24. The van der Waals surface area contributed by atoms with Crippen molar-refractivity contribution in [2.45, 2.75) is 20.4 Å². The predicted octanol–water partition coefficient (Wildman–Crippen LogP) is 4.44. The molecule has 0 bridgehead atoms. The second kappa shape index (κ2) is 11.9. The molecule has 0 aromatic carbocycles. The second-order valence-corrected chi connectivity index (χ2v) is 7.91. The maximum absolute atomic E-state index is 11.2. The van der Waals surface area contributed by atoms with Crippen LogP contribution in [0.3, 0.4) is 0 Å². The zero-order valence-corrected chi connectivity index (χ0v) is 19.8. The molecule has 3 aromatic heterocycles. The Balaban J connectivity index is 0.000000273. The van der Waals surface area contributed by atoms with Gasteiger partial charge in [0.15, 0.2) is 0 Å². The Labute approximate surface area is 198 Å². The minimum atomic E-state index is -0.602. The van der Waals surface area contributed by atoms with E-state index in [0.717, 1.165) is 9.88 Å². The van der Waals surface area contributed by atoms with E-state index >= 15 is 0 Å². The van der Waals surface area contributed by atoms with Gasteiger partial charge in [-0.15, -0.1) is 11.3 Å². The lowest BCUT2D eigenvalue weighted by Crippen LogP contribution is -2.23. The molecule has 0 spiro atoms. The molecule has 3 heterocycles. The maximum atomic E-state index is 11.2. The van der Waals surface area contributed by atoms with Crippen molar-refractivity contribution in [3.8, 4) is 11.8 Å². The molecular formula is C19H21ClN6O6S. The molecule has 0 aliphatic heterocycles. The van der Waals surface area contributed by atoms with Gasteiger partial charge in [-0.1, -0.05) is 11.6 Å². The molecule has 33 heavy (non-hydrogen) atoms. The van der Waals surface area contributed by atoms with Crippen LogP contribution in [0.5, 0.6) is 11.8 Å². The standard InChI is InChI=1S/C13H16N4O3S.C6H5ClN2O3/c1-4-16(8-10-7-14-9(2)21-10)13-11(17(18)19)5-6-12(15-13)20-3;1-12-5-3-2-4(9(10)11)6(7)8-5/h5-7H,4,8H2,1-3H3;2-3H,1H3. The number of nitro groups is 2. The van der Waals surface area contributed by atoms with Crippen LogP contribution in [0.1, 0.15) is 16.8 Å². The Morgan fingerprint density at radius 1 is 1.03 bits per heavy atom. The molecular weight excluding hydrogens is 476 g/mol. The van der Waals surface area contributed by atoms with E-state index in [1.54, 1.807) is 17.5 Å². The molecule has 12 nitrogen and oxygen atoms in total. The summed E-state index contributed by atoms with van der Waals surface area (Å²) in [4.78, 5) is 35.3. The average Bonchev–Trinajstić information content (AvgIpc) is 3.21. The Morgan fingerprint density at radius 2 is 1.61 bits per heavy atom. The van der Waals surface area contributed by atoms with Crippen molar-refractivity contribution in [1.82, 2.24) is 15.0 Å². The van der Waals surface area contributed by atoms with Gasteiger partial charge < -0.3 is 14.4 Å². The van der Waals surface area contributed by atoms with Crippen molar-refractivity contribution in [1.29, 1.82) is 0 Å². The highest BCUT2D eigenvalue weighted by Gasteiger charge is 2.22. The van der Waals surface area contributed by atoms with Gasteiger partial charge in [0.05, 0.1) is 35.6 Å². The molecule has 0 fully saturated rings. The summed E-state index contributed by atoms with van der Waals surface area (Å²) in [7, 11) is 2.89. The van der Waals surface area contributed by atoms with Crippen LogP contribution in [0.15, 0.2) is 30.5 Å². The SMILES string of the molecule is CCN(Cc1cnc(C)s1)c1nc(OC)ccc1[N+](=O)[O-].COc1ccc([N+](=O)[O-])c(Cl)n1. The molecule has 3 aromatic rings. The maximum Gasteiger partial charge on any atom is 0.311 e. The third-order valence-electron chi connectivity index (χ3n) is 4.14. The van der Waals surface area contributed by atoms with E-state index in [2.05, 4.69) is 15.0 Å². The lowest BCUT2D eigenvalue weighted by Gasteiger charge is -2.21. The van der Waals surface area contributed by atoms with Crippen LogP contribution in [0.25, 0.3) is 0 Å². The third kappa shape index (κ3) is 6.95. The van der Waals surface area contributed by atoms with E-state index in [1.807, 2.05) is 18.7 Å². The summed E-state index contributed by atoms with van der Waals surface area (Å²) in [6.07, 6.45) is 1.79. The van der Waals surface area contributed by atoms with Crippen molar-refractivity contribution in [3.63, 3.8) is 0 Å². The normalized spacial score (nSPS) is 10.1. The fourth-order valence-electron chi connectivity index (χ4n) is 2.58. The molecule has 0 unspecified atom stereocenters. The first-order valence-electron chi connectivity index (χ1n) is 9.40. The number of methoxy groups -OCH3 is 2. The van der Waals surface area contributed by atoms with E-state index < -0.39 is 9.85 Å². The first-order valence-corrected chi connectivity index (χ1v) is 10.6. The number of thiazole rings is 1. The van der Waals surface area contributed by atoms with Crippen molar-refractivity contribution < 1.29 is 19.3 Å². The zero-order valence-electron chi connectivity index (χ0n) is 18.2. The molecule has 0 N–H and O–H groups in total. The lowest BCUT2D eigenvalue weighted by atomic mass is 10.3. The summed E-state index contributed by atoms with van der Waals surface area (Å²) < 4.78 is 9.78. The highest BCUT2D eigenvalue weighted by molar-refractivity contribution is 7.11. The van der Waals surface area contributed by atoms with E-state index in [9.17, 15) is 20.2 Å². The van der Waals surface area contributed by atoms with Gasteiger partial charge in [0.25, 0.3) is 0 Å². The molecule has 14 heteroatoms. The first kappa shape index (κ1) is 25.7. The zero-order chi connectivity index (χ0) is 24.5. The van der Waals surface area contributed by atoms with Gasteiger partial charge >= 0.3 is 11.4 Å². The van der Waals surface area contributed by atoms with Gasteiger partial charge in [-0.2, -0.15) is 9.97 Å². The molecule has 176 valence electrons. The van der Waals surface area contributed by atoms with Crippen LogP contribution in [0.4, 0.5) is 17.2 Å². The summed E-state index contributed by atoms with van der Waals surface area (Å²) in [5.74, 6) is 0.924. The van der Waals surface area contributed by atoms with Crippen LogP contribution in [-0.2, 0) is 6.54 Å². The quantitative estimate of drug-likeness (QED) is 0.249. The smallest absolute Gasteiger partial charge is 0.311 e. The number of halogens is 1. The second-order valence-electron chi connectivity index (χ2n) is 6.23. The summed E-state index contributed by atoms with van der Waals surface area (Å²) in [6, 6.07) is 5.53. The van der Waals surface area contributed by atoms with Crippen molar-refractivity contribution in [2.24, 2.45) is 0 Å². The fourth-order valence-corrected chi connectivity index (χ4v) is 3.60. The number of aromatic nitrogens is 3. The molecule has 3 rings (SSSR count). The lowest BCUT2D eigenvalue weighted by molar-refractivity contribution is -0.385. The Bertz CT molecular complexity index is 1130. The minimum Gasteiger partial charge on any atom is -0.481 e. The van der Waals surface area contributed by atoms with E-state index in [0.29, 0.717) is 24.8 Å². The number of hydrogen-bond acceptors (Lipinski definition) is 11. The molecule has 0 radical (unpaired) electrons. The fraction of sp³-hybridized carbons (Fsp3) is 0.316. The number of rotatable bonds is 8.